The van der Waals surface area contributed by atoms with E-state index in [2.05, 4.69) is 78.9 Å². The minimum atomic E-state index is -0.0925. The Labute approximate surface area is 281 Å². The van der Waals surface area contributed by atoms with E-state index in [1.54, 1.807) is 0 Å². The van der Waals surface area contributed by atoms with Crippen LogP contribution in [0.25, 0.3) is 56.4 Å². The number of nitrogens with zero attached hydrogens (tertiary/aromatic N) is 4. The molecule has 0 saturated heterocycles. The molecule has 0 atom stereocenters. The summed E-state index contributed by atoms with van der Waals surface area (Å²) in [6.07, 6.45) is 6.54. The Hall–Kier alpha value is -5.40. The highest BCUT2D eigenvalue weighted by Gasteiger charge is 2.62. The lowest BCUT2D eigenvalue weighted by Gasteiger charge is -2.61. The number of hydrogen-bond donors (Lipinski definition) is 0. The van der Waals surface area contributed by atoms with Crippen molar-refractivity contribution in [3.8, 4) is 62.5 Å². The second-order valence-electron chi connectivity index (χ2n) is 14.4. The minimum absolute atomic E-state index is 0.0925. The summed E-state index contributed by atoms with van der Waals surface area (Å²) in [5.41, 5.74) is 11.5. The van der Waals surface area contributed by atoms with Gasteiger partial charge in [0.15, 0.2) is 17.5 Å². The fraction of sp³-hybridized carbons (Fsp3) is 0.227. The van der Waals surface area contributed by atoms with Gasteiger partial charge in [0.05, 0.1) is 11.6 Å². The highest BCUT2D eigenvalue weighted by atomic mass is 15.0. The Kier molecular flexibility index (Phi) is 6.09. The Morgan fingerprint density at radius 3 is 1.62 bits per heavy atom. The molecule has 4 fully saturated rings. The Balaban J connectivity index is 1.21. The van der Waals surface area contributed by atoms with E-state index in [1.165, 1.54) is 59.9 Å². The van der Waals surface area contributed by atoms with Gasteiger partial charge in [-0.2, -0.15) is 5.26 Å². The third-order valence-corrected chi connectivity index (χ3v) is 12.0. The summed E-state index contributed by atoms with van der Waals surface area (Å²) < 4.78 is 0. The van der Waals surface area contributed by atoms with E-state index in [0.717, 1.165) is 39.7 Å². The quantitative estimate of drug-likeness (QED) is 0.197. The van der Waals surface area contributed by atoms with E-state index < -0.39 is 0 Å². The number of benzene rings is 5. The molecule has 11 rings (SSSR count). The number of hydrogen-bond acceptors (Lipinski definition) is 4. The Morgan fingerprint density at radius 2 is 1.02 bits per heavy atom. The molecule has 5 aliphatic rings. The average molecular weight is 619 g/mol. The average Bonchev–Trinajstić information content (AvgIpc) is 3.44. The number of fused-ring (bicyclic) bond motifs is 3. The van der Waals surface area contributed by atoms with Crippen molar-refractivity contribution in [2.45, 2.75) is 37.5 Å². The summed E-state index contributed by atoms with van der Waals surface area (Å²) in [5.74, 6) is 4.90. The molecule has 0 amide bonds. The Morgan fingerprint density at radius 1 is 0.500 bits per heavy atom. The lowest BCUT2D eigenvalue weighted by atomic mass is 9.42. The molecule has 0 unspecified atom stereocenters. The van der Waals surface area contributed by atoms with Crippen molar-refractivity contribution in [2.24, 2.45) is 23.7 Å². The van der Waals surface area contributed by atoms with Gasteiger partial charge < -0.3 is 0 Å². The largest absolute Gasteiger partial charge is 0.208 e. The van der Waals surface area contributed by atoms with Gasteiger partial charge in [0, 0.05) is 22.1 Å². The zero-order chi connectivity index (χ0) is 31.8. The molecule has 4 bridgehead atoms. The highest BCUT2D eigenvalue weighted by molar-refractivity contribution is 5.91. The van der Waals surface area contributed by atoms with Gasteiger partial charge in [-0.25, -0.2) is 15.0 Å². The van der Waals surface area contributed by atoms with Crippen molar-refractivity contribution in [3.05, 3.63) is 138 Å². The fourth-order valence-corrected chi connectivity index (χ4v) is 10.4. The minimum Gasteiger partial charge on any atom is -0.208 e. The lowest BCUT2D eigenvalue weighted by molar-refractivity contribution is -0.0397. The maximum atomic E-state index is 10.2. The second-order valence-corrected chi connectivity index (χ2v) is 14.4. The van der Waals surface area contributed by atoms with Crippen molar-refractivity contribution >= 4 is 0 Å². The van der Waals surface area contributed by atoms with Gasteiger partial charge in [0.25, 0.3) is 0 Å². The maximum Gasteiger partial charge on any atom is 0.164 e. The molecule has 4 heteroatoms. The van der Waals surface area contributed by atoms with Crippen LogP contribution in [0.5, 0.6) is 0 Å². The lowest BCUT2D eigenvalue weighted by Crippen LogP contribution is -2.55. The normalized spacial score (nSPS) is 24.3. The first-order valence-corrected chi connectivity index (χ1v) is 17.4. The van der Waals surface area contributed by atoms with Gasteiger partial charge in [0.1, 0.15) is 0 Å². The number of rotatable bonds is 4. The van der Waals surface area contributed by atoms with Crippen LogP contribution in [0, 0.1) is 35.0 Å². The zero-order valence-electron chi connectivity index (χ0n) is 26.7. The third-order valence-electron chi connectivity index (χ3n) is 12.0. The SMILES string of the molecule is N#Cc1ccccc1-c1cccc2c1C1(c3cc(-c4nc(-c5ccccc5)nc(-c5ccccc5)n4)ccc3-2)C2CC3CC(C2)CC1C3. The molecule has 1 aromatic heterocycles. The summed E-state index contributed by atoms with van der Waals surface area (Å²) in [4.78, 5) is 15.2. The molecule has 48 heavy (non-hydrogen) atoms. The monoisotopic (exact) mass is 618 g/mol. The molecule has 4 nitrogen and oxygen atoms in total. The summed E-state index contributed by atoms with van der Waals surface area (Å²) >= 11 is 0. The van der Waals surface area contributed by atoms with Crippen molar-refractivity contribution in [1.29, 1.82) is 5.26 Å². The van der Waals surface area contributed by atoms with Crippen molar-refractivity contribution in [2.75, 3.05) is 0 Å². The van der Waals surface area contributed by atoms with E-state index in [-0.39, 0.29) is 5.41 Å². The van der Waals surface area contributed by atoms with Crippen LogP contribution in [0.3, 0.4) is 0 Å². The number of aromatic nitrogens is 3. The predicted octanol–water partition coefficient (Wildman–Crippen LogP) is 10.1. The standard InChI is InChI=1S/C44H34N4/c45-26-32-14-7-8-15-35(32)37-16-9-17-38-36-19-18-31(25-39(36)44(40(37)38)33-21-27-20-28(23-33)24-34(44)22-27)43-47-41(29-10-3-1-4-11-29)46-42(48-43)30-12-5-2-6-13-30/h1-19,25,27-28,33-34H,20-24H2. The first kappa shape index (κ1) is 27.7. The molecule has 1 spiro atoms. The predicted molar refractivity (Wildman–Crippen MR) is 190 cm³/mol. The molecule has 0 radical (unpaired) electrons. The van der Waals surface area contributed by atoms with Crippen LogP contribution in [-0.2, 0) is 5.41 Å². The summed E-state index contributed by atoms with van der Waals surface area (Å²) in [7, 11) is 0. The highest BCUT2D eigenvalue weighted by Crippen LogP contribution is 2.70. The van der Waals surface area contributed by atoms with E-state index >= 15 is 0 Å². The van der Waals surface area contributed by atoms with E-state index in [1.807, 2.05) is 48.5 Å². The maximum absolute atomic E-state index is 10.2. The third kappa shape index (κ3) is 3.97. The topological polar surface area (TPSA) is 62.5 Å². The molecule has 5 aliphatic carbocycles. The summed E-state index contributed by atoms with van der Waals surface area (Å²) in [6.45, 7) is 0. The van der Waals surface area contributed by atoms with Crippen molar-refractivity contribution < 1.29 is 0 Å². The molecule has 1 heterocycles. The van der Waals surface area contributed by atoms with Crippen LogP contribution in [0.15, 0.2) is 121 Å². The molecule has 0 N–H and O–H groups in total. The van der Waals surface area contributed by atoms with Crippen LogP contribution in [0.2, 0.25) is 0 Å². The zero-order valence-corrected chi connectivity index (χ0v) is 26.7. The van der Waals surface area contributed by atoms with Crippen LogP contribution < -0.4 is 0 Å². The van der Waals surface area contributed by atoms with E-state index in [0.29, 0.717) is 29.3 Å². The molecule has 0 aliphatic heterocycles. The van der Waals surface area contributed by atoms with Crippen molar-refractivity contribution in [3.63, 3.8) is 0 Å². The van der Waals surface area contributed by atoms with Gasteiger partial charge in [0.2, 0.25) is 0 Å². The molecule has 6 aromatic rings. The van der Waals surface area contributed by atoms with E-state index in [9.17, 15) is 5.26 Å². The van der Waals surface area contributed by atoms with E-state index in [4.69, 9.17) is 15.0 Å². The van der Waals surface area contributed by atoms with Crippen LogP contribution >= 0.6 is 0 Å². The molecular weight excluding hydrogens is 585 g/mol. The van der Waals surface area contributed by atoms with Gasteiger partial charge in [-0.1, -0.05) is 109 Å². The smallest absolute Gasteiger partial charge is 0.164 e. The summed E-state index contributed by atoms with van der Waals surface area (Å²) in [6, 6.07) is 44.9. The molecular formula is C44H34N4. The second kappa shape index (κ2) is 10.6. The molecule has 5 aromatic carbocycles. The fourth-order valence-electron chi connectivity index (χ4n) is 10.4. The van der Waals surface area contributed by atoms with Gasteiger partial charge in [-0.3, -0.25) is 0 Å². The first-order chi connectivity index (χ1) is 23.7. The molecule has 4 saturated carbocycles. The van der Waals surface area contributed by atoms with Gasteiger partial charge in [-0.15, -0.1) is 0 Å². The van der Waals surface area contributed by atoms with Crippen molar-refractivity contribution in [1.82, 2.24) is 15.0 Å². The van der Waals surface area contributed by atoms with Crippen LogP contribution in [-0.4, -0.2) is 15.0 Å². The number of nitriles is 1. The molecule has 230 valence electrons. The van der Waals surface area contributed by atoms with Crippen LogP contribution in [0.1, 0.15) is 48.8 Å². The Bertz CT molecular complexity index is 2180. The summed E-state index contributed by atoms with van der Waals surface area (Å²) in [5, 5.41) is 10.2. The van der Waals surface area contributed by atoms with Crippen LogP contribution in [0.4, 0.5) is 0 Å². The van der Waals surface area contributed by atoms with Gasteiger partial charge in [-0.05, 0) is 101 Å². The van der Waals surface area contributed by atoms with Gasteiger partial charge >= 0.3 is 0 Å². The first-order valence-electron chi connectivity index (χ1n) is 17.4.